The average molecular weight is 515 g/mol. The van der Waals surface area contributed by atoms with Gasteiger partial charge in [-0.05, 0) is 59.8 Å². The summed E-state index contributed by atoms with van der Waals surface area (Å²) in [5.74, 6) is -1.06. The van der Waals surface area contributed by atoms with Crippen molar-refractivity contribution in [1.29, 1.82) is 5.26 Å². The minimum Gasteiger partial charge on any atom is -0.406 e. The maximum Gasteiger partial charge on any atom is 0.573 e. The van der Waals surface area contributed by atoms with Crippen LogP contribution >= 0.6 is 22.6 Å². The van der Waals surface area contributed by atoms with Gasteiger partial charge in [-0.25, -0.2) is 0 Å². The predicted octanol–water partition coefficient (Wildman–Crippen LogP) is 3.65. The van der Waals surface area contributed by atoms with Crippen LogP contribution in [0.1, 0.15) is 17.3 Å². The molecule has 11 heteroatoms. The number of nitriles is 1. The summed E-state index contributed by atoms with van der Waals surface area (Å²) in [6.07, 6.45) is -1.47. The number of benzene rings is 1. The molecule has 0 spiro atoms. The van der Waals surface area contributed by atoms with Crippen molar-refractivity contribution in [2.45, 2.75) is 25.4 Å². The molecule has 1 atom stereocenters. The van der Waals surface area contributed by atoms with Crippen molar-refractivity contribution in [1.82, 2.24) is 20.1 Å². The van der Waals surface area contributed by atoms with E-state index in [1.165, 1.54) is 23.7 Å². The van der Waals surface area contributed by atoms with E-state index >= 15 is 0 Å². The van der Waals surface area contributed by atoms with Crippen molar-refractivity contribution in [3.63, 3.8) is 0 Å². The van der Waals surface area contributed by atoms with Crippen LogP contribution < -0.4 is 10.1 Å². The molecule has 0 fully saturated rings. The van der Waals surface area contributed by atoms with Gasteiger partial charge in [-0.15, -0.1) is 13.2 Å². The largest absolute Gasteiger partial charge is 0.573 e. The number of amides is 1. The molecule has 2 heterocycles. The third kappa shape index (κ3) is 5.35. The number of rotatable bonds is 5. The van der Waals surface area contributed by atoms with Crippen molar-refractivity contribution in [3.05, 3.63) is 51.9 Å². The normalized spacial score (nSPS) is 13.5. The summed E-state index contributed by atoms with van der Waals surface area (Å²) in [4.78, 5) is 16.7. The Balaban J connectivity index is 1.73. The van der Waals surface area contributed by atoms with Crippen LogP contribution in [0.2, 0.25) is 0 Å². The number of hydrogen-bond acceptors (Lipinski definition) is 5. The van der Waals surface area contributed by atoms with Crippen LogP contribution in [0.5, 0.6) is 5.75 Å². The van der Waals surface area contributed by atoms with Gasteiger partial charge in [-0.2, -0.15) is 10.4 Å². The maximum atomic E-state index is 12.5. The first-order valence-corrected chi connectivity index (χ1v) is 9.23. The molecule has 0 aliphatic heterocycles. The van der Waals surface area contributed by atoms with Gasteiger partial charge >= 0.3 is 6.36 Å². The fourth-order valence-corrected chi connectivity index (χ4v) is 3.00. The summed E-state index contributed by atoms with van der Waals surface area (Å²) in [7, 11) is 0. The molecule has 1 aromatic carbocycles. The second-order valence-electron chi connectivity index (χ2n) is 6.35. The highest BCUT2D eigenvalue weighted by molar-refractivity contribution is 14.1. The first-order chi connectivity index (χ1) is 13.6. The van der Waals surface area contributed by atoms with E-state index in [1.54, 1.807) is 12.4 Å². The standard InChI is InChI=1S/C18H13F3IN5O2/c1-17(9-23,10-27-8-15-14(26-27)6-12(22)7-24-15)25-16(28)11-2-4-13(5-3-11)29-18(19,20)21/h2-8H,10H2,1H3,(H,25,28). The molecule has 0 aliphatic carbocycles. The summed E-state index contributed by atoms with van der Waals surface area (Å²) in [6.45, 7) is 1.58. The van der Waals surface area contributed by atoms with Gasteiger partial charge in [0.25, 0.3) is 5.91 Å². The molecule has 2 aromatic heterocycles. The third-order valence-corrected chi connectivity index (χ3v) is 4.43. The van der Waals surface area contributed by atoms with Gasteiger partial charge in [0.2, 0.25) is 0 Å². The summed E-state index contributed by atoms with van der Waals surface area (Å²) >= 11 is 2.11. The number of nitrogens with one attached hydrogen (secondary N) is 1. The minimum absolute atomic E-state index is 0.0530. The Labute approximate surface area is 176 Å². The zero-order chi connectivity index (χ0) is 21.2. The van der Waals surface area contributed by atoms with Crippen molar-refractivity contribution in [2.24, 2.45) is 0 Å². The van der Waals surface area contributed by atoms with E-state index in [0.29, 0.717) is 11.0 Å². The fraction of sp³-hybridized carbons (Fsp3) is 0.222. The Morgan fingerprint density at radius 1 is 1.31 bits per heavy atom. The summed E-state index contributed by atoms with van der Waals surface area (Å²) in [6, 6.07) is 8.30. The predicted molar refractivity (Wildman–Crippen MR) is 105 cm³/mol. The maximum absolute atomic E-state index is 12.5. The molecule has 150 valence electrons. The molecular weight excluding hydrogens is 502 g/mol. The number of pyridine rings is 1. The number of carbonyl (C=O) groups excluding carboxylic acids is 1. The van der Waals surface area contributed by atoms with E-state index < -0.39 is 23.6 Å². The first kappa shape index (κ1) is 20.8. The third-order valence-electron chi connectivity index (χ3n) is 3.84. The van der Waals surface area contributed by atoms with Gasteiger partial charge in [0, 0.05) is 15.3 Å². The smallest absolute Gasteiger partial charge is 0.406 e. The van der Waals surface area contributed by atoms with Gasteiger partial charge < -0.3 is 10.1 Å². The molecule has 0 saturated carbocycles. The Morgan fingerprint density at radius 3 is 2.62 bits per heavy atom. The highest BCUT2D eigenvalue weighted by atomic mass is 127. The Bertz CT molecular complexity index is 1090. The van der Waals surface area contributed by atoms with Crippen molar-refractivity contribution in [3.8, 4) is 11.8 Å². The van der Waals surface area contributed by atoms with E-state index in [4.69, 9.17) is 0 Å². The number of halogens is 4. The van der Waals surface area contributed by atoms with Crippen molar-refractivity contribution < 1.29 is 22.7 Å². The molecule has 3 aromatic rings. The lowest BCUT2D eigenvalue weighted by atomic mass is 10.0. The second kappa shape index (κ2) is 7.86. The van der Waals surface area contributed by atoms with E-state index in [1.807, 2.05) is 12.1 Å². The van der Waals surface area contributed by atoms with E-state index in [9.17, 15) is 23.2 Å². The van der Waals surface area contributed by atoms with Crippen LogP contribution in [-0.4, -0.2) is 32.6 Å². The molecule has 0 radical (unpaired) electrons. The van der Waals surface area contributed by atoms with Crippen LogP contribution in [0.15, 0.2) is 42.7 Å². The van der Waals surface area contributed by atoms with E-state index in [2.05, 4.69) is 42.7 Å². The Hall–Kier alpha value is -2.88. The second-order valence-corrected chi connectivity index (χ2v) is 7.60. The van der Waals surface area contributed by atoms with Crippen LogP contribution in [0.3, 0.4) is 0 Å². The van der Waals surface area contributed by atoms with E-state index in [-0.39, 0.29) is 12.1 Å². The summed E-state index contributed by atoms with van der Waals surface area (Å²) in [5, 5.41) is 16.5. The van der Waals surface area contributed by atoms with Crippen LogP contribution in [0.25, 0.3) is 11.0 Å². The number of nitrogens with zero attached hydrogens (tertiary/aromatic N) is 4. The Morgan fingerprint density at radius 2 is 2.00 bits per heavy atom. The Kier molecular flexibility index (Phi) is 5.65. The monoisotopic (exact) mass is 515 g/mol. The number of fused-ring (bicyclic) bond motifs is 1. The quantitative estimate of drug-likeness (QED) is 0.524. The number of ether oxygens (including phenoxy) is 1. The number of alkyl halides is 3. The van der Waals surface area contributed by atoms with Crippen molar-refractivity contribution in [2.75, 3.05) is 0 Å². The van der Waals surface area contributed by atoms with E-state index in [0.717, 1.165) is 15.7 Å². The molecule has 7 nitrogen and oxygen atoms in total. The van der Waals surface area contributed by atoms with Gasteiger partial charge in [0.15, 0.2) is 0 Å². The van der Waals surface area contributed by atoms with Crippen LogP contribution in [0.4, 0.5) is 13.2 Å². The lowest BCUT2D eigenvalue weighted by Gasteiger charge is -2.23. The fourth-order valence-electron chi connectivity index (χ4n) is 2.57. The highest BCUT2D eigenvalue weighted by Gasteiger charge is 2.31. The molecule has 0 aliphatic rings. The van der Waals surface area contributed by atoms with Crippen LogP contribution in [0, 0.1) is 14.9 Å². The topological polar surface area (TPSA) is 92.8 Å². The first-order valence-electron chi connectivity index (χ1n) is 8.15. The minimum atomic E-state index is -4.82. The molecule has 0 bridgehead atoms. The molecule has 1 unspecified atom stereocenters. The zero-order valence-electron chi connectivity index (χ0n) is 14.9. The SMILES string of the molecule is CC(C#N)(Cn1cc2ncc(I)cc2n1)NC(=O)c1ccc(OC(F)(F)F)cc1. The molecule has 3 rings (SSSR count). The molecule has 1 amide bonds. The molecular formula is C18H13F3IN5O2. The van der Waals surface area contributed by atoms with Gasteiger partial charge in [-0.1, -0.05) is 0 Å². The summed E-state index contributed by atoms with van der Waals surface area (Å²) < 4.78 is 42.9. The average Bonchev–Trinajstić information content (AvgIpc) is 3.01. The van der Waals surface area contributed by atoms with Gasteiger partial charge in [0.1, 0.15) is 22.3 Å². The lowest BCUT2D eigenvalue weighted by molar-refractivity contribution is -0.274. The number of carbonyl (C=O) groups is 1. The summed E-state index contributed by atoms with van der Waals surface area (Å²) in [5.41, 5.74) is 0.0804. The molecule has 29 heavy (non-hydrogen) atoms. The lowest BCUT2D eigenvalue weighted by Crippen LogP contribution is -2.48. The van der Waals surface area contributed by atoms with Gasteiger partial charge in [-0.3, -0.25) is 14.5 Å². The zero-order valence-corrected chi connectivity index (χ0v) is 17.0. The van der Waals surface area contributed by atoms with Gasteiger partial charge in [0.05, 0.1) is 18.8 Å². The van der Waals surface area contributed by atoms with Crippen molar-refractivity contribution >= 4 is 39.5 Å². The van der Waals surface area contributed by atoms with Crippen LogP contribution in [-0.2, 0) is 6.54 Å². The molecule has 1 N–H and O–H groups in total. The molecule has 0 saturated heterocycles. The highest BCUT2D eigenvalue weighted by Crippen LogP contribution is 2.23. The number of hydrogen-bond donors (Lipinski definition) is 1. The number of aromatic nitrogens is 3.